The van der Waals surface area contributed by atoms with Gasteiger partial charge in [0.05, 0.1) is 0 Å². The summed E-state index contributed by atoms with van der Waals surface area (Å²) in [7, 11) is 0. The lowest BCUT2D eigenvalue weighted by Crippen LogP contribution is -2.30. The number of hydrogen-bond donors (Lipinski definition) is 0. The Balaban J connectivity index is 4.40. The molecule has 0 N–H and O–H groups in total. The second-order valence-electron chi connectivity index (χ2n) is 16.0. The highest BCUT2D eigenvalue weighted by Gasteiger charge is 2.19. The van der Waals surface area contributed by atoms with Crippen LogP contribution < -0.4 is 0 Å². The summed E-state index contributed by atoms with van der Waals surface area (Å²) in [5.74, 6) is -0.924. The molecule has 6 heteroatoms. The van der Waals surface area contributed by atoms with Crippen molar-refractivity contribution >= 4 is 17.9 Å². The van der Waals surface area contributed by atoms with Crippen molar-refractivity contribution in [2.75, 3.05) is 13.2 Å². The molecule has 0 rings (SSSR count). The van der Waals surface area contributed by atoms with Gasteiger partial charge >= 0.3 is 17.9 Å². The summed E-state index contributed by atoms with van der Waals surface area (Å²) in [4.78, 5) is 37.8. The summed E-state index contributed by atoms with van der Waals surface area (Å²) in [6.07, 6.45) is 51.3. The lowest BCUT2D eigenvalue weighted by molar-refractivity contribution is -0.167. The zero-order valence-electron chi connectivity index (χ0n) is 37.2. The summed E-state index contributed by atoms with van der Waals surface area (Å²) >= 11 is 0. The number of hydrogen-bond acceptors (Lipinski definition) is 6. The van der Waals surface area contributed by atoms with E-state index in [1.807, 2.05) is 0 Å². The third kappa shape index (κ3) is 42.8. The van der Waals surface area contributed by atoms with Crippen LogP contribution in [0.5, 0.6) is 0 Å². The summed E-state index contributed by atoms with van der Waals surface area (Å²) in [5.41, 5.74) is 0. The smallest absolute Gasteiger partial charge is 0.306 e. The fourth-order valence-corrected chi connectivity index (χ4v) is 6.71. The number of ether oxygens (including phenoxy) is 3. The summed E-state index contributed by atoms with van der Waals surface area (Å²) in [5, 5.41) is 0. The maximum atomic E-state index is 12.7. The number of unbranched alkanes of at least 4 members (excludes halogenated alkanes) is 27. The molecule has 0 radical (unpaired) electrons. The van der Waals surface area contributed by atoms with E-state index >= 15 is 0 Å². The number of rotatable bonds is 43. The Bertz CT molecular complexity index is 953. The second kappa shape index (κ2) is 45.3. The third-order valence-corrected chi connectivity index (χ3v) is 10.4. The van der Waals surface area contributed by atoms with E-state index in [9.17, 15) is 14.4 Å². The molecular formula is C50H90O6. The molecule has 0 aliphatic carbocycles. The monoisotopic (exact) mass is 787 g/mol. The predicted octanol–water partition coefficient (Wildman–Crippen LogP) is 15.4. The molecule has 0 aliphatic heterocycles. The molecule has 326 valence electrons. The average Bonchev–Trinajstić information content (AvgIpc) is 3.19. The van der Waals surface area contributed by atoms with Gasteiger partial charge < -0.3 is 14.2 Å². The van der Waals surface area contributed by atoms with Gasteiger partial charge in [0.15, 0.2) is 6.10 Å². The van der Waals surface area contributed by atoms with Crippen molar-refractivity contribution < 1.29 is 28.6 Å². The first-order chi connectivity index (χ1) is 27.5. The van der Waals surface area contributed by atoms with Crippen LogP contribution in [0, 0.1) is 0 Å². The molecule has 0 heterocycles. The minimum absolute atomic E-state index is 0.0863. The van der Waals surface area contributed by atoms with Crippen LogP contribution in [-0.4, -0.2) is 37.2 Å². The van der Waals surface area contributed by atoms with Crippen LogP contribution >= 0.6 is 0 Å². The standard InChI is InChI=1S/C50H90O6/c1-4-7-10-13-16-19-22-24-26-28-31-34-37-40-43-49(52)55-46-47(45-54-48(51)42-39-36-33-30-27-21-18-15-12-9-6-3)56-50(53)44-41-38-35-32-29-25-23-20-17-14-11-8-5-2/h15,18,21,26-28,47H,4-14,16-17,19-20,22-25,29-46H2,1-3H3/b18-15-,27-21-,28-26-. The van der Waals surface area contributed by atoms with Gasteiger partial charge in [-0.05, 0) is 64.2 Å². The van der Waals surface area contributed by atoms with Crippen LogP contribution in [0.1, 0.15) is 245 Å². The number of esters is 3. The van der Waals surface area contributed by atoms with Gasteiger partial charge in [0, 0.05) is 19.3 Å². The molecule has 6 nitrogen and oxygen atoms in total. The summed E-state index contributed by atoms with van der Waals surface area (Å²) in [6.45, 7) is 6.55. The molecule has 0 fully saturated rings. The Morgan fingerprint density at radius 2 is 0.661 bits per heavy atom. The van der Waals surface area contributed by atoms with Crippen LogP contribution in [0.3, 0.4) is 0 Å². The zero-order valence-corrected chi connectivity index (χ0v) is 37.2. The van der Waals surface area contributed by atoms with Crippen LogP contribution in [0.15, 0.2) is 36.5 Å². The van der Waals surface area contributed by atoms with E-state index in [0.29, 0.717) is 19.3 Å². The largest absolute Gasteiger partial charge is 0.462 e. The quantitative estimate of drug-likeness (QED) is 0.0201. The Kier molecular flexibility index (Phi) is 43.4. The van der Waals surface area contributed by atoms with Crippen LogP contribution in [0.4, 0.5) is 0 Å². The van der Waals surface area contributed by atoms with Crippen LogP contribution in [0.2, 0.25) is 0 Å². The van der Waals surface area contributed by atoms with Gasteiger partial charge in [-0.2, -0.15) is 0 Å². The van der Waals surface area contributed by atoms with Crippen molar-refractivity contribution in [1.82, 2.24) is 0 Å². The summed E-state index contributed by atoms with van der Waals surface area (Å²) < 4.78 is 16.7. The van der Waals surface area contributed by atoms with E-state index in [-0.39, 0.29) is 31.1 Å². The average molecular weight is 787 g/mol. The van der Waals surface area contributed by atoms with Gasteiger partial charge in [0.25, 0.3) is 0 Å². The first-order valence-corrected chi connectivity index (χ1v) is 24.0. The molecule has 0 aromatic rings. The molecule has 0 bridgehead atoms. The Hall–Kier alpha value is -2.37. The van der Waals surface area contributed by atoms with Crippen LogP contribution in [-0.2, 0) is 28.6 Å². The normalized spacial score (nSPS) is 12.3. The van der Waals surface area contributed by atoms with E-state index in [0.717, 1.165) is 83.5 Å². The van der Waals surface area contributed by atoms with E-state index in [2.05, 4.69) is 57.2 Å². The second-order valence-corrected chi connectivity index (χ2v) is 16.0. The van der Waals surface area contributed by atoms with E-state index in [1.165, 1.54) is 122 Å². The number of carbonyl (C=O) groups excluding carboxylic acids is 3. The van der Waals surface area contributed by atoms with Gasteiger partial charge in [0.1, 0.15) is 13.2 Å². The Labute approximate surface area is 346 Å². The highest BCUT2D eigenvalue weighted by molar-refractivity contribution is 5.71. The maximum absolute atomic E-state index is 12.7. The van der Waals surface area contributed by atoms with Gasteiger partial charge in [-0.15, -0.1) is 0 Å². The molecule has 0 saturated carbocycles. The molecule has 0 amide bonds. The zero-order chi connectivity index (χ0) is 40.8. The molecule has 0 aromatic heterocycles. The van der Waals surface area contributed by atoms with Gasteiger partial charge in [-0.3, -0.25) is 14.4 Å². The first-order valence-electron chi connectivity index (χ1n) is 24.0. The molecule has 0 spiro atoms. The molecule has 0 aliphatic rings. The van der Waals surface area contributed by atoms with Crippen molar-refractivity contribution in [1.29, 1.82) is 0 Å². The van der Waals surface area contributed by atoms with Crippen molar-refractivity contribution in [3.63, 3.8) is 0 Å². The lowest BCUT2D eigenvalue weighted by atomic mass is 10.0. The molecule has 0 saturated heterocycles. The van der Waals surface area contributed by atoms with Crippen LogP contribution in [0.25, 0.3) is 0 Å². The summed E-state index contributed by atoms with van der Waals surface area (Å²) in [6, 6.07) is 0. The first kappa shape index (κ1) is 53.6. The Morgan fingerprint density at radius 1 is 0.357 bits per heavy atom. The molecule has 1 atom stereocenters. The Morgan fingerprint density at radius 3 is 1.07 bits per heavy atom. The highest BCUT2D eigenvalue weighted by atomic mass is 16.6. The minimum atomic E-state index is -0.783. The number of allylic oxidation sites excluding steroid dienone is 6. The molecule has 0 aromatic carbocycles. The van der Waals surface area contributed by atoms with Crippen molar-refractivity contribution in [3.8, 4) is 0 Å². The SMILES string of the molecule is CCCC/C=C\C=C/CCCCCC(=O)OCC(COC(=O)CCCCC/C=C\CCCCCCCCC)OC(=O)CCCCCCCCCCCCCCC. The predicted molar refractivity (Wildman–Crippen MR) is 238 cm³/mol. The van der Waals surface area contributed by atoms with Crippen molar-refractivity contribution in [3.05, 3.63) is 36.5 Å². The van der Waals surface area contributed by atoms with Crippen molar-refractivity contribution in [2.24, 2.45) is 0 Å². The number of carbonyl (C=O) groups is 3. The molecule has 56 heavy (non-hydrogen) atoms. The fraction of sp³-hybridized carbons (Fsp3) is 0.820. The molecule has 1 unspecified atom stereocenters. The lowest BCUT2D eigenvalue weighted by Gasteiger charge is -2.18. The third-order valence-electron chi connectivity index (χ3n) is 10.4. The highest BCUT2D eigenvalue weighted by Crippen LogP contribution is 2.15. The van der Waals surface area contributed by atoms with E-state index in [1.54, 1.807) is 0 Å². The van der Waals surface area contributed by atoms with Gasteiger partial charge in [-0.25, -0.2) is 0 Å². The van der Waals surface area contributed by atoms with Gasteiger partial charge in [-0.1, -0.05) is 198 Å². The topological polar surface area (TPSA) is 78.9 Å². The maximum Gasteiger partial charge on any atom is 0.306 e. The van der Waals surface area contributed by atoms with Crippen molar-refractivity contribution in [2.45, 2.75) is 252 Å². The fourth-order valence-electron chi connectivity index (χ4n) is 6.71. The van der Waals surface area contributed by atoms with E-state index in [4.69, 9.17) is 14.2 Å². The minimum Gasteiger partial charge on any atom is -0.462 e. The van der Waals surface area contributed by atoms with E-state index < -0.39 is 6.10 Å². The molecular weight excluding hydrogens is 697 g/mol. The van der Waals surface area contributed by atoms with Gasteiger partial charge in [0.2, 0.25) is 0 Å².